The summed E-state index contributed by atoms with van der Waals surface area (Å²) in [5.41, 5.74) is 4.15. The Morgan fingerprint density at radius 1 is 1.24 bits per heavy atom. The highest BCUT2D eigenvalue weighted by molar-refractivity contribution is 5.78. The third kappa shape index (κ3) is 3.95. The fraction of sp³-hybridized carbons (Fsp3) is 0.467. The molecule has 1 amide bonds. The van der Waals surface area contributed by atoms with Crippen LogP contribution >= 0.6 is 0 Å². The molecule has 1 atom stereocenters. The molecule has 1 aromatic rings. The van der Waals surface area contributed by atoms with Crippen LogP contribution < -0.4 is 11.1 Å². The minimum absolute atomic E-state index is 0.0211. The highest BCUT2D eigenvalue weighted by atomic mass is 16.5. The normalized spacial score (nSPS) is 14.1. The van der Waals surface area contributed by atoms with Gasteiger partial charge < -0.3 is 20.9 Å². The fourth-order valence-electron chi connectivity index (χ4n) is 1.68. The van der Waals surface area contributed by atoms with E-state index in [9.17, 15) is 14.7 Å². The average molecular weight is 294 g/mol. The third-order valence-electron chi connectivity index (χ3n) is 3.91. The Kier molecular flexibility index (Phi) is 5.32. The van der Waals surface area contributed by atoms with Gasteiger partial charge in [0.2, 0.25) is 0 Å². The van der Waals surface area contributed by atoms with E-state index in [1.165, 1.54) is 13.8 Å². The lowest BCUT2D eigenvalue weighted by Gasteiger charge is -2.40. The average Bonchev–Trinajstić information content (AvgIpc) is 2.45. The van der Waals surface area contributed by atoms with E-state index in [2.05, 4.69) is 5.32 Å². The van der Waals surface area contributed by atoms with Crippen molar-refractivity contribution in [1.82, 2.24) is 5.32 Å². The molecular weight excluding hydrogens is 272 g/mol. The van der Waals surface area contributed by atoms with E-state index in [0.29, 0.717) is 0 Å². The molecule has 0 aliphatic rings. The summed E-state index contributed by atoms with van der Waals surface area (Å²) in [6.07, 6.45) is -0.693. The van der Waals surface area contributed by atoms with Gasteiger partial charge in [-0.15, -0.1) is 0 Å². The van der Waals surface area contributed by atoms with Gasteiger partial charge in [-0.3, -0.25) is 4.79 Å². The summed E-state index contributed by atoms with van der Waals surface area (Å²) >= 11 is 0. The van der Waals surface area contributed by atoms with Gasteiger partial charge in [-0.1, -0.05) is 30.3 Å². The predicted molar refractivity (Wildman–Crippen MR) is 78.6 cm³/mol. The van der Waals surface area contributed by atoms with Gasteiger partial charge in [0, 0.05) is 6.54 Å². The van der Waals surface area contributed by atoms with Gasteiger partial charge in [0.05, 0.1) is 11.0 Å². The van der Waals surface area contributed by atoms with Gasteiger partial charge in [-0.25, -0.2) is 4.79 Å². The quantitative estimate of drug-likeness (QED) is 0.741. The van der Waals surface area contributed by atoms with Crippen molar-refractivity contribution in [2.75, 3.05) is 6.54 Å². The van der Waals surface area contributed by atoms with Crippen LogP contribution in [0, 0.1) is 5.41 Å². The van der Waals surface area contributed by atoms with Crippen molar-refractivity contribution in [3.63, 3.8) is 0 Å². The summed E-state index contributed by atoms with van der Waals surface area (Å²) in [6, 6.07) is 9.21. The number of carboxylic acids is 1. The number of carbonyl (C=O) groups excluding carboxylic acids is 1. The van der Waals surface area contributed by atoms with Crippen LogP contribution in [-0.4, -0.2) is 29.3 Å². The molecule has 1 rings (SSSR count). The highest BCUT2D eigenvalue weighted by Gasteiger charge is 2.47. The molecule has 0 spiro atoms. The number of carbonyl (C=O) groups is 2. The van der Waals surface area contributed by atoms with E-state index in [1.54, 1.807) is 6.92 Å². The first-order valence-corrected chi connectivity index (χ1v) is 6.65. The predicted octanol–water partition coefficient (Wildman–Crippen LogP) is 1.74. The molecule has 1 unspecified atom stereocenters. The number of rotatable bonds is 6. The minimum Gasteiger partial charge on any atom is -0.481 e. The number of nitrogens with one attached hydrogen (secondary N) is 1. The second-order valence-electron chi connectivity index (χ2n) is 5.65. The zero-order valence-corrected chi connectivity index (χ0v) is 12.6. The molecule has 0 aliphatic carbocycles. The number of alkyl carbamates (subject to hydrolysis) is 1. The number of hydrogen-bond acceptors (Lipinski definition) is 4. The molecule has 4 N–H and O–H groups in total. The SMILES string of the molecule is CC(CN)(NC(=O)OCc1ccccc1)C(C)(C)C(=O)O. The van der Waals surface area contributed by atoms with Crippen molar-refractivity contribution >= 4 is 12.1 Å². The number of nitrogens with two attached hydrogens (primary N) is 1. The van der Waals surface area contributed by atoms with Crippen LogP contribution in [0.4, 0.5) is 4.79 Å². The first-order valence-electron chi connectivity index (χ1n) is 6.65. The summed E-state index contributed by atoms with van der Waals surface area (Å²) in [6.45, 7) is 4.71. The van der Waals surface area contributed by atoms with E-state index in [1.807, 2.05) is 30.3 Å². The van der Waals surface area contributed by atoms with E-state index in [-0.39, 0.29) is 13.2 Å². The van der Waals surface area contributed by atoms with Crippen molar-refractivity contribution in [3.8, 4) is 0 Å². The van der Waals surface area contributed by atoms with Crippen LogP contribution in [0.2, 0.25) is 0 Å². The molecule has 0 aliphatic heterocycles. The largest absolute Gasteiger partial charge is 0.481 e. The van der Waals surface area contributed by atoms with E-state index in [0.717, 1.165) is 5.56 Å². The standard InChI is InChI=1S/C15H22N2O4/c1-14(2,12(18)19)15(3,10-16)17-13(20)21-9-11-7-5-4-6-8-11/h4-8H,9-10,16H2,1-3H3,(H,17,20)(H,18,19). The Labute approximate surface area is 124 Å². The maximum atomic E-state index is 11.9. The molecule has 0 aromatic heterocycles. The van der Waals surface area contributed by atoms with Gasteiger partial charge >= 0.3 is 12.1 Å². The van der Waals surface area contributed by atoms with Gasteiger partial charge in [0.25, 0.3) is 0 Å². The van der Waals surface area contributed by atoms with Crippen molar-refractivity contribution in [2.45, 2.75) is 32.9 Å². The second-order valence-corrected chi connectivity index (χ2v) is 5.65. The zero-order chi connectivity index (χ0) is 16.1. The van der Waals surface area contributed by atoms with Gasteiger partial charge in [-0.05, 0) is 26.3 Å². The molecule has 0 saturated heterocycles. The highest BCUT2D eigenvalue weighted by Crippen LogP contribution is 2.30. The Morgan fingerprint density at radius 2 is 1.81 bits per heavy atom. The molecule has 6 heteroatoms. The molecule has 1 aromatic carbocycles. The first kappa shape index (κ1) is 17.0. The lowest BCUT2D eigenvalue weighted by atomic mass is 9.73. The summed E-state index contributed by atoms with van der Waals surface area (Å²) < 4.78 is 5.10. The molecule has 116 valence electrons. The molecular formula is C15H22N2O4. The number of amides is 1. The van der Waals surface area contributed by atoms with Crippen molar-refractivity contribution < 1.29 is 19.4 Å². The summed E-state index contributed by atoms with van der Waals surface area (Å²) in [5, 5.41) is 11.8. The van der Waals surface area contributed by atoms with Gasteiger partial charge in [0.15, 0.2) is 0 Å². The number of benzene rings is 1. The maximum absolute atomic E-state index is 11.9. The molecule has 0 bridgehead atoms. The van der Waals surface area contributed by atoms with Crippen molar-refractivity contribution in [2.24, 2.45) is 11.1 Å². The van der Waals surface area contributed by atoms with Crippen molar-refractivity contribution in [1.29, 1.82) is 0 Å². The fourth-order valence-corrected chi connectivity index (χ4v) is 1.68. The van der Waals surface area contributed by atoms with Gasteiger partial charge in [0.1, 0.15) is 6.61 Å². The molecule has 21 heavy (non-hydrogen) atoms. The molecule has 0 radical (unpaired) electrons. The summed E-state index contributed by atoms with van der Waals surface area (Å²) in [4.78, 5) is 23.2. The van der Waals surface area contributed by atoms with E-state index in [4.69, 9.17) is 10.5 Å². The van der Waals surface area contributed by atoms with Crippen LogP contribution in [0.1, 0.15) is 26.3 Å². The molecule has 0 heterocycles. The number of carboxylic acid groups (broad SMARTS) is 1. The van der Waals surface area contributed by atoms with Crippen LogP contribution in [-0.2, 0) is 16.1 Å². The molecule has 6 nitrogen and oxygen atoms in total. The van der Waals surface area contributed by atoms with Crippen LogP contribution in [0.3, 0.4) is 0 Å². The monoisotopic (exact) mass is 294 g/mol. The molecule has 0 fully saturated rings. The first-order chi connectivity index (χ1) is 9.73. The lowest BCUT2D eigenvalue weighted by Crippen LogP contribution is -2.63. The van der Waals surface area contributed by atoms with Crippen LogP contribution in [0.15, 0.2) is 30.3 Å². The van der Waals surface area contributed by atoms with Gasteiger partial charge in [-0.2, -0.15) is 0 Å². The third-order valence-corrected chi connectivity index (χ3v) is 3.91. The Hall–Kier alpha value is -2.08. The lowest BCUT2D eigenvalue weighted by molar-refractivity contribution is -0.151. The van der Waals surface area contributed by atoms with E-state index < -0.39 is 23.0 Å². The summed E-state index contributed by atoms with van der Waals surface area (Å²) in [7, 11) is 0. The maximum Gasteiger partial charge on any atom is 0.407 e. The summed E-state index contributed by atoms with van der Waals surface area (Å²) in [5.74, 6) is -1.04. The Bertz CT molecular complexity index is 502. The minimum atomic E-state index is -1.23. The Morgan fingerprint density at radius 3 is 2.29 bits per heavy atom. The smallest absolute Gasteiger partial charge is 0.407 e. The molecule has 0 saturated carbocycles. The Balaban J connectivity index is 2.69. The van der Waals surface area contributed by atoms with E-state index >= 15 is 0 Å². The number of aliphatic carboxylic acids is 1. The second kappa shape index (κ2) is 6.58. The zero-order valence-electron chi connectivity index (χ0n) is 12.6. The topological polar surface area (TPSA) is 102 Å². The number of ether oxygens (including phenoxy) is 1. The van der Waals surface area contributed by atoms with Crippen LogP contribution in [0.5, 0.6) is 0 Å². The van der Waals surface area contributed by atoms with Crippen molar-refractivity contribution in [3.05, 3.63) is 35.9 Å². The van der Waals surface area contributed by atoms with Crippen LogP contribution in [0.25, 0.3) is 0 Å². The number of hydrogen-bond donors (Lipinski definition) is 3.